The Morgan fingerprint density at radius 3 is 1.35 bits per heavy atom. The molecule has 5 aromatic carbocycles. The van der Waals surface area contributed by atoms with Gasteiger partial charge >= 0.3 is 29.8 Å². The number of aliphatic hydroxyl groups is 1. The molecule has 0 aliphatic heterocycles. The van der Waals surface area contributed by atoms with Crippen LogP contribution in [-0.4, -0.2) is 92.5 Å². The number of carbonyl (C=O) groups is 5. The number of aromatic nitrogens is 1. The number of unbranched alkanes of at least 4 members (excludes halogenated alkanes) is 9. The monoisotopic (exact) mass is 1260 g/mol. The van der Waals surface area contributed by atoms with Crippen LogP contribution in [0.25, 0.3) is 21.7 Å². The number of hydrogen-bond donors (Lipinski definition) is 1. The fourth-order valence-corrected chi connectivity index (χ4v) is 11.4. The van der Waals surface area contributed by atoms with E-state index < -0.39 is 18.2 Å². The molecule has 492 valence electrons. The molecule has 2 aliphatic rings. The van der Waals surface area contributed by atoms with Crippen LogP contribution >= 0.6 is 0 Å². The van der Waals surface area contributed by atoms with Crippen molar-refractivity contribution < 1.29 is 76.4 Å². The van der Waals surface area contributed by atoms with E-state index in [2.05, 4.69) is 20.1 Å². The van der Waals surface area contributed by atoms with Crippen LogP contribution in [0.3, 0.4) is 0 Å². The summed E-state index contributed by atoms with van der Waals surface area (Å²) >= 11 is 0. The van der Waals surface area contributed by atoms with Crippen LogP contribution in [0, 0.1) is 23.7 Å². The van der Waals surface area contributed by atoms with Gasteiger partial charge in [-0.3, -0.25) is 19.2 Å². The number of pyridine rings is 1. The summed E-state index contributed by atoms with van der Waals surface area (Å²) in [7, 11) is 0. The van der Waals surface area contributed by atoms with Gasteiger partial charge < -0.3 is 52.5 Å². The molecule has 1 unspecified atom stereocenters. The molecule has 1 aromatic heterocycles. The summed E-state index contributed by atoms with van der Waals surface area (Å²) in [5, 5.41) is 11.5. The summed E-state index contributed by atoms with van der Waals surface area (Å²) in [5.41, 5.74) is 2.58. The van der Waals surface area contributed by atoms with Gasteiger partial charge in [-0.05, 0) is 204 Å². The van der Waals surface area contributed by atoms with E-state index in [9.17, 15) is 29.1 Å². The van der Waals surface area contributed by atoms with Gasteiger partial charge in [0.05, 0.1) is 75.4 Å². The largest absolute Gasteiger partial charge is 0.494 e. The lowest BCUT2D eigenvalue weighted by atomic mass is 9.82. The smallest absolute Gasteiger partial charge is 0.330 e. The van der Waals surface area contributed by atoms with Gasteiger partial charge in [-0.15, -0.1) is 0 Å². The molecule has 1 N–H and O–H groups in total. The van der Waals surface area contributed by atoms with Crippen molar-refractivity contribution in [3.8, 4) is 40.4 Å². The number of nitrogens with zero attached hydrogens (tertiary/aromatic N) is 1. The summed E-state index contributed by atoms with van der Waals surface area (Å²) in [6, 6.07) is 33.6. The van der Waals surface area contributed by atoms with Gasteiger partial charge in [-0.1, -0.05) is 70.0 Å². The highest BCUT2D eigenvalue weighted by atomic mass is 16.6. The fraction of sp³-hybridized carbons (Fsp3) is 0.467. The summed E-state index contributed by atoms with van der Waals surface area (Å²) < 4.78 is 58.0. The van der Waals surface area contributed by atoms with Crippen molar-refractivity contribution in [2.75, 3.05) is 46.2 Å². The average molecular weight is 1260 g/mol. The Morgan fingerprint density at radius 2 is 0.870 bits per heavy atom. The van der Waals surface area contributed by atoms with E-state index in [1.807, 2.05) is 84.9 Å². The van der Waals surface area contributed by atoms with Crippen LogP contribution in [0.4, 0.5) is 0 Å². The second-order valence-electron chi connectivity index (χ2n) is 23.7. The topological polar surface area (TPSA) is 211 Å². The number of hydrogen-bond acceptors (Lipinski definition) is 17. The summed E-state index contributed by atoms with van der Waals surface area (Å²) in [4.78, 5) is 69.9. The second-order valence-corrected chi connectivity index (χ2v) is 23.7. The Balaban J connectivity index is 0.797. The van der Waals surface area contributed by atoms with Gasteiger partial charge in [-0.2, -0.15) is 0 Å². The number of aliphatic hydroxyl groups excluding tert-OH is 1. The Bertz CT molecular complexity index is 3290. The van der Waals surface area contributed by atoms with E-state index in [1.165, 1.54) is 12.2 Å². The van der Waals surface area contributed by atoms with E-state index in [-0.39, 0.29) is 60.7 Å². The molecular weight excluding hydrogens is 1170 g/mol. The van der Waals surface area contributed by atoms with Crippen LogP contribution in [-0.2, 0) is 55.8 Å². The summed E-state index contributed by atoms with van der Waals surface area (Å²) in [5.74, 6) is 0.681. The van der Waals surface area contributed by atoms with Gasteiger partial charge in [0, 0.05) is 35.8 Å². The highest BCUT2D eigenvalue weighted by Crippen LogP contribution is 2.39. The molecule has 0 radical (unpaired) electrons. The van der Waals surface area contributed by atoms with Gasteiger partial charge in [0.1, 0.15) is 34.5 Å². The zero-order valence-corrected chi connectivity index (χ0v) is 53.4. The zero-order valence-electron chi connectivity index (χ0n) is 53.4. The lowest BCUT2D eigenvalue weighted by Crippen LogP contribution is -2.29. The first-order valence-electron chi connectivity index (χ1n) is 33.1. The molecule has 2 fully saturated rings. The van der Waals surface area contributed by atoms with E-state index >= 15 is 0 Å². The number of ether oxygens (including phenoxy) is 10. The minimum absolute atomic E-state index is 0.252. The number of esters is 5. The minimum Gasteiger partial charge on any atom is -0.494 e. The molecule has 0 spiro atoms. The highest BCUT2D eigenvalue weighted by Gasteiger charge is 2.34. The molecule has 17 heteroatoms. The number of carbonyl (C=O) groups excluding carboxylic acids is 5. The van der Waals surface area contributed by atoms with Crippen molar-refractivity contribution in [1.82, 2.24) is 4.98 Å². The molecule has 0 saturated heterocycles. The average Bonchev–Trinajstić information content (AvgIpc) is 0.776. The van der Waals surface area contributed by atoms with Crippen molar-refractivity contribution in [2.24, 2.45) is 23.7 Å². The maximum Gasteiger partial charge on any atom is 0.330 e. The number of fused-ring (bicyclic) bond motifs is 3. The van der Waals surface area contributed by atoms with Gasteiger partial charge in [0.2, 0.25) is 5.88 Å². The third-order valence-corrected chi connectivity index (χ3v) is 16.9. The number of rotatable bonds is 39. The van der Waals surface area contributed by atoms with Gasteiger partial charge in [0.25, 0.3) is 0 Å². The fourth-order valence-electron chi connectivity index (χ4n) is 11.4. The maximum atomic E-state index is 13.8. The van der Waals surface area contributed by atoms with E-state index in [0.717, 1.165) is 116 Å². The molecule has 2 aliphatic carbocycles. The Morgan fingerprint density at radius 1 is 0.457 bits per heavy atom. The minimum atomic E-state index is -0.912. The van der Waals surface area contributed by atoms with Crippen molar-refractivity contribution in [3.63, 3.8) is 0 Å². The van der Waals surface area contributed by atoms with Crippen LogP contribution in [0.2, 0.25) is 0 Å². The zero-order chi connectivity index (χ0) is 64.7. The van der Waals surface area contributed by atoms with Gasteiger partial charge in [-0.25, -0.2) is 9.78 Å². The van der Waals surface area contributed by atoms with Crippen molar-refractivity contribution in [2.45, 2.75) is 154 Å². The van der Waals surface area contributed by atoms with Crippen molar-refractivity contribution in [3.05, 3.63) is 146 Å². The first-order valence-corrected chi connectivity index (χ1v) is 33.1. The summed E-state index contributed by atoms with van der Waals surface area (Å²) in [6.45, 7) is 12.3. The van der Waals surface area contributed by atoms with Crippen molar-refractivity contribution >= 4 is 51.5 Å². The molecule has 0 amide bonds. The highest BCUT2D eigenvalue weighted by molar-refractivity contribution is 6.08. The normalized spacial score (nSPS) is 16.6. The second kappa shape index (κ2) is 37.9. The molecule has 1 atom stereocenters. The van der Waals surface area contributed by atoms with Crippen molar-refractivity contribution in [1.29, 1.82) is 0 Å². The SMILES string of the molecule is C=CC(=O)OCCCCCCOc1ccc(CCOC(=O)C2CCC(C(=O)Oc3ccc4c(c3)nc(Oc3ccc(OCCCCCC)cc3)c3cc(OC(=O)C5CCC(C(=O)OCCc6ccc(OCCCCCCOC(O)C=C)cc6)CC5)ccc34)CC2)cc1. The molecule has 2 saturated carbocycles. The first kappa shape index (κ1) is 69.6. The van der Waals surface area contributed by atoms with E-state index in [0.29, 0.717) is 125 Å². The van der Waals surface area contributed by atoms with Gasteiger partial charge in [0.15, 0.2) is 6.29 Å². The van der Waals surface area contributed by atoms with E-state index in [1.54, 1.807) is 24.3 Å². The van der Waals surface area contributed by atoms with Crippen LogP contribution in [0.5, 0.6) is 40.4 Å². The molecule has 17 nitrogen and oxygen atoms in total. The molecule has 1 heterocycles. The number of benzene rings is 5. The third-order valence-electron chi connectivity index (χ3n) is 16.9. The Labute approximate surface area is 541 Å². The lowest BCUT2D eigenvalue weighted by Gasteiger charge is -2.26. The van der Waals surface area contributed by atoms with Crippen LogP contribution in [0.15, 0.2) is 135 Å². The predicted octanol–water partition coefficient (Wildman–Crippen LogP) is 15.3. The lowest BCUT2D eigenvalue weighted by molar-refractivity contribution is -0.152. The standard InChI is InChI=1S/C75H91NO16/c1-4-7-8-13-44-85-61-34-36-62(37-35-61)90-71-67-51-63(91-74(81)57-26-22-55(23-27-57)72(79)88-49-42-53-18-30-59(31-19-53)83-45-14-9-11-16-47-86-69(77)5-2)38-40-65(67)66-41-39-64(52-68(66)76-71)92-75(82)58-28-24-56(25-29-58)73(80)89-50-43-54-20-32-60(33-21-54)84-46-15-10-12-17-48-87-70(78)6-3/h5-6,18-21,30-41,51-52,55-58,69,77H,2-4,7-17,22-29,42-50H2,1H3. The van der Waals surface area contributed by atoms with E-state index in [4.69, 9.17) is 52.4 Å². The molecule has 92 heavy (non-hydrogen) atoms. The predicted molar refractivity (Wildman–Crippen MR) is 351 cm³/mol. The Hall–Kier alpha value is -8.28. The molecule has 8 rings (SSSR count). The third kappa shape index (κ3) is 22.8. The van der Waals surface area contributed by atoms with Crippen LogP contribution in [0.1, 0.15) is 146 Å². The molecule has 6 aromatic rings. The van der Waals surface area contributed by atoms with Crippen LogP contribution < -0.4 is 28.4 Å². The first-order chi connectivity index (χ1) is 44.9. The summed E-state index contributed by atoms with van der Waals surface area (Å²) in [6.07, 6.45) is 18.6. The quantitative estimate of drug-likeness (QED) is 0.00556. The molecule has 0 bridgehead atoms. The Kier molecular flexibility index (Phi) is 28.7. The maximum absolute atomic E-state index is 13.8. The molecular formula is C75H91NO16.